The number of nitrogens with one attached hydrogen (secondary N) is 2. The lowest BCUT2D eigenvalue weighted by molar-refractivity contribution is 0.0635. The molecule has 148 valence electrons. The van der Waals surface area contributed by atoms with Gasteiger partial charge in [0.1, 0.15) is 11.4 Å². The van der Waals surface area contributed by atoms with Crippen molar-refractivity contribution in [2.75, 3.05) is 10.6 Å². The van der Waals surface area contributed by atoms with Crippen LogP contribution in [-0.4, -0.2) is 22.6 Å². The summed E-state index contributed by atoms with van der Waals surface area (Å²) in [5, 5.41) is 5.39. The largest absolute Gasteiger partial charge is 0.444 e. The third kappa shape index (κ3) is 5.90. The maximum absolute atomic E-state index is 12.5. The fourth-order valence-electron chi connectivity index (χ4n) is 2.62. The summed E-state index contributed by atoms with van der Waals surface area (Å²) in [5.41, 5.74) is 2.29. The normalized spacial score (nSPS) is 10.9. The highest BCUT2D eigenvalue weighted by molar-refractivity contribution is 6.04. The van der Waals surface area contributed by atoms with Crippen molar-refractivity contribution in [2.24, 2.45) is 0 Å². The van der Waals surface area contributed by atoms with E-state index in [1.807, 2.05) is 36.4 Å². The number of aromatic nitrogens is 1. The van der Waals surface area contributed by atoms with Gasteiger partial charge in [0.25, 0.3) is 5.91 Å². The van der Waals surface area contributed by atoms with Crippen LogP contribution in [0.5, 0.6) is 0 Å². The topological polar surface area (TPSA) is 80.3 Å². The Balaban J connectivity index is 1.66. The molecule has 6 nitrogen and oxygen atoms in total. The molecule has 0 radical (unpaired) electrons. The summed E-state index contributed by atoms with van der Waals surface area (Å²) in [7, 11) is 0. The molecule has 0 saturated carbocycles. The van der Waals surface area contributed by atoms with Crippen molar-refractivity contribution in [3.05, 3.63) is 78.5 Å². The van der Waals surface area contributed by atoms with Gasteiger partial charge in [-0.05, 0) is 56.7 Å². The summed E-state index contributed by atoms with van der Waals surface area (Å²) in [6, 6.07) is 20.1. The van der Waals surface area contributed by atoms with Crippen LogP contribution < -0.4 is 10.6 Å². The minimum atomic E-state index is -0.601. The molecule has 3 aromatic rings. The summed E-state index contributed by atoms with van der Waals surface area (Å²) < 4.78 is 5.22. The van der Waals surface area contributed by atoms with E-state index in [-0.39, 0.29) is 5.91 Å². The van der Waals surface area contributed by atoms with E-state index in [2.05, 4.69) is 15.6 Å². The highest BCUT2D eigenvalue weighted by Crippen LogP contribution is 2.20. The molecule has 0 aliphatic carbocycles. The van der Waals surface area contributed by atoms with E-state index in [0.717, 1.165) is 11.1 Å². The predicted octanol–water partition coefficient (Wildman–Crippen LogP) is 5.35. The second-order valence-corrected chi connectivity index (χ2v) is 7.46. The fourth-order valence-corrected chi connectivity index (χ4v) is 2.62. The molecule has 29 heavy (non-hydrogen) atoms. The zero-order valence-corrected chi connectivity index (χ0v) is 16.6. The second kappa shape index (κ2) is 8.56. The van der Waals surface area contributed by atoms with Crippen LogP contribution >= 0.6 is 0 Å². The van der Waals surface area contributed by atoms with Gasteiger partial charge in [0, 0.05) is 23.0 Å². The molecule has 0 saturated heterocycles. The summed E-state index contributed by atoms with van der Waals surface area (Å²) in [6.07, 6.45) is 1.14. The van der Waals surface area contributed by atoms with Crippen molar-refractivity contribution in [1.29, 1.82) is 0 Å². The Hall–Kier alpha value is -3.67. The van der Waals surface area contributed by atoms with Crippen LogP contribution in [-0.2, 0) is 4.74 Å². The standard InChI is InChI=1S/C23H23N3O3/c1-23(2,3)29-22(28)25-19-11-7-10-17(14-19)21(27)26-20-13-12-18(15-24-20)16-8-5-4-6-9-16/h4-15H,1-3H3,(H,25,28)(H,24,26,27). The van der Waals surface area contributed by atoms with Crippen LogP contribution in [0.25, 0.3) is 11.1 Å². The molecular formula is C23H23N3O3. The van der Waals surface area contributed by atoms with E-state index in [0.29, 0.717) is 17.1 Å². The third-order valence-corrected chi connectivity index (χ3v) is 3.88. The average molecular weight is 389 g/mol. The Bertz CT molecular complexity index is 994. The van der Waals surface area contributed by atoms with E-state index in [1.165, 1.54) is 0 Å². The van der Waals surface area contributed by atoms with E-state index in [9.17, 15) is 9.59 Å². The molecule has 2 amide bonds. The van der Waals surface area contributed by atoms with Crippen LogP contribution in [0.15, 0.2) is 72.9 Å². The molecule has 1 aromatic heterocycles. The fraction of sp³-hybridized carbons (Fsp3) is 0.174. The number of hydrogen-bond donors (Lipinski definition) is 2. The Morgan fingerprint density at radius 1 is 0.862 bits per heavy atom. The molecule has 2 aromatic carbocycles. The molecule has 0 bridgehead atoms. The van der Waals surface area contributed by atoms with Crippen LogP contribution in [0, 0.1) is 0 Å². The molecule has 1 heterocycles. The van der Waals surface area contributed by atoms with Crippen molar-refractivity contribution in [1.82, 2.24) is 4.98 Å². The summed E-state index contributed by atoms with van der Waals surface area (Å²) in [5.74, 6) is 0.123. The molecule has 0 aliphatic heterocycles. The zero-order valence-electron chi connectivity index (χ0n) is 16.6. The Morgan fingerprint density at radius 2 is 1.62 bits per heavy atom. The molecular weight excluding hydrogens is 366 g/mol. The Labute approximate surface area is 169 Å². The van der Waals surface area contributed by atoms with Crippen molar-refractivity contribution < 1.29 is 14.3 Å². The Kier molecular flexibility index (Phi) is 5.93. The minimum Gasteiger partial charge on any atom is -0.444 e. The highest BCUT2D eigenvalue weighted by atomic mass is 16.6. The van der Waals surface area contributed by atoms with Gasteiger partial charge in [-0.1, -0.05) is 36.4 Å². The van der Waals surface area contributed by atoms with Gasteiger partial charge < -0.3 is 10.1 Å². The maximum Gasteiger partial charge on any atom is 0.412 e. The first-order valence-electron chi connectivity index (χ1n) is 9.23. The molecule has 0 fully saturated rings. The van der Waals surface area contributed by atoms with Gasteiger partial charge >= 0.3 is 6.09 Å². The second-order valence-electron chi connectivity index (χ2n) is 7.46. The first-order valence-corrected chi connectivity index (χ1v) is 9.23. The number of amides is 2. The number of hydrogen-bond acceptors (Lipinski definition) is 4. The molecule has 2 N–H and O–H groups in total. The number of rotatable bonds is 4. The van der Waals surface area contributed by atoms with Crippen molar-refractivity contribution in [3.63, 3.8) is 0 Å². The Morgan fingerprint density at radius 3 is 2.28 bits per heavy atom. The lowest BCUT2D eigenvalue weighted by Gasteiger charge is -2.19. The quantitative estimate of drug-likeness (QED) is 0.630. The molecule has 3 rings (SSSR count). The molecule has 0 spiro atoms. The van der Waals surface area contributed by atoms with Gasteiger partial charge in [-0.25, -0.2) is 9.78 Å². The number of pyridine rings is 1. The number of carbonyl (C=O) groups excluding carboxylic acids is 2. The van der Waals surface area contributed by atoms with Crippen LogP contribution in [0.4, 0.5) is 16.3 Å². The SMILES string of the molecule is CC(C)(C)OC(=O)Nc1cccc(C(=O)Nc2ccc(-c3ccccc3)cn2)c1. The van der Waals surface area contributed by atoms with E-state index >= 15 is 0 Å². The van der Waals surface area contributed by atoms with E-state index in [1.54, 1.807) is 57.3 Å². The lowest BCUT2D eigenvalue weighted by atomic mass is 10.1. The monoisotopic (exact) mass is 389 g/mol. The van der Waals surface area contributed by atoms with E-state index < -0.39 is 11.7 Å². The number of benzene rings is 2. The summed E-state index contributed by atoms with van der Waals surface area (Å²) in [4.78, 5) is 28.8. The smallest absolute Gasteiger partial charge is 0.412 e. The van der Waals surface area contributed by atoms with Gasteiger partial charge in [-0.2, -0.15) is 0 Å². The number of carbonyl (C=O) groups is 2. The van der Waals surface area contributed by atoms with Gasteiger partial charge in [-0.15, -0.1) is 0 Å². The van der Waals surface area contributed by atoms with Gasteiger partial charge in [0.2, 0.25) is 0 Å². The highest BCUT2D eigenvalue weighted by Gasteiger charge is 2.16. The third-order valence-electron chi connectivity index (χ3n) is 3.88. The summed E-state index contributed by atoms with van der Waals surface area (Å²) >= 11 is 0. The first-order chi connectivity index (χ1) is 13.8. The van der Waals surface area contributed by atoms with Crippen molar-refractivity contribution in [2.45, 2.75) is 26.4 Å². The molecule has 0 atom stereocenters. The number of anilines is 2. The predicted molar refractivity (Wildman–Crippen MR) is 114 cm³/mol. The van der Waals surface area contributed by atoms with Crippen LogP contribution in [0.2, 0.25) is 0 Å². The maximum atomic E-state index is 12.5. The number of ether oxygens (including phenoxy) is 1. The molecule has 0 aliphatic rings. The van der Waals surface area contributed by atoms with E-state index in [4.69, 9.17) is 4.74 Å². The van der Waals surface area contributed by atoms with Gasteiger partial charge in [0.15, 0.2) is 0 Å². The summed E-state index contributed by atoms with van der Waals surface area (Å²) in [6.45, 7) is 5.35. The average Bonchev–Trinajstić information content (AvgIpc) is 2.68. The van der Waals surface area contributed by atoms with Gasteiger partial charge in [-0.3, -0.25) is 10.1 Å². The number of nitrogens with zero attached hydrogens (tertiary/aromatic N) is 1. The minimum absolute atomic E-state index is 0.321. The van der Waals surface area contributed by atoms with Crippen LogP contribution in [0.1, 0.15) is 31.1 Å². The van der Waals surface area contributed by atoms with Crippen LogP contribution in [0.3, 0.4) is 0 Å². The zero-order chi connectivity index (χ0) is 20.9. The molecule has 0 unspecified atom stereocenters. The van der Waals surface area contributed by atoms with Crippen molar-refractivity contribution in [3.8, 4) is 11.1 Å². The lowest BCUT2D eigenvalue weighted by Crippen LogP contribution is -2.27. The van der Waals surface area contributed by atoms with Crippen molar-refractivity contribution >= 4 is 23.5 Å². The first kappa shape index (κ1) is 20.1. The molecule has 6 heteroatoms. The van der Waals surface area contributed by atoms with Gasteiger partial charge in [0.05, 0.1) is 0 Å².